The first-order valence-corrected chi connectivity index (χ1v) is 9.45. The summed E-state index contributed by atoms with van der Waals surface area (Å²) in [7, 11) is 0. The van der Waals surface area contributed by atoms with Crippen LogP contribution >= 0.6 is 23.7 Å². The van der Waals surface area contributed by atoms with Crippen molar-refractivity contribution in [2.24, 2.45) is 11.7 Å². The van der Waals surface area contributed by atoms with Crippen LogP contribution in [0.2, 0.25) is 0 Å². The molecular weight excluding hydrogens is 391 g/mol. The number of carbonyl (C=O) groups is 2. The number of nitrogens with zero attached hydrogens (tertiary/aromatic N) is 2. The van der Waals surface area contributed by atoms with Crippen molar-refractivity contribution in [1.29, 1.82) is 0 Å². The first kappa shape index (κ1) is 21.3. The lowest BCUT2D eigenvalue weighted by Crippen LogP contribution is -2.41. The molecule has 6 nitrogen and oxygen atoms in total. The highest BCUT2D eigenvalue weighted by atomic mass is 35.5. The molecule has 0 spiro atoms. The van der Waals surface area contributed by atoms with Crippen molar-refractivity contribution in [2.75, 3.05) is 25.0 Å². The van der Waals surface area contributed by atoms with Crippen LogP contribution in [0, 0.1) is 11.7 Å². The maximum atomic E-state index is 12.9. The molecule has 1 fully saturated rings. The first-order valence-electron chi connectivity index (χ1n) is 8.57. The van der Waals surface area contributed by atoms with E-state index >= 15 is 0 Å². The lowest BCUT2D eigenvalue weighted by atomic mass is 9.95. The third-order valence-corrected chi connectivity index (χ3v) is 5.30. The standard InChI is InChI=1S/C18H21FN4O2S.ClH/c19-13-1-3-14(4-2-13)21-17(24)12-6-9-23(10-7-12)18(25)15-11-26-16(22-15)5-8-20;/h1-4,11-12H,5-10,20H2,(H,21,24);1H. The van der Waals surface area contributed by atoms with E-state index in [1.807, 2.05) is 0 Å². The number of piperidine rings is 1. The molecule has 3 rings (SSSR count). The van der Waals surface area contributed by atoms with Gasteiger partial charge in [-0.1, -0.05) is 0 Å². The van der Waals surface area contributed by atoms with Gasteiger partial charge in [-0.05, 0) is 43.7 Å². The molecule has 2 amide bonds. The van der Waals surface area contributed by atoms with Crippen LogP contribution < -0.4 is 11.1 Å². The highest BCUT2D eigenvalue weighted by Crippen LogP contribution is 2.22. The minimum absolute atomic E-state index is 0. The van der Waals surface area contributed by atoms with Gasteiger partial charge in [-0.3, -0.25) is 9.59 Å². The lowest BCUT2D eigenvalue weighted by molar-refractivity contribution is -0.121. The van der Waals surface area contributed by atoms with E-state index in [1.165, 1.54) is 35.6 Å². The second-order valence-corrected chi connectivity index (χ2v) is 7.17. The number of hydrogen-bond acceptors (Lipinski definition) is 5. The van der Waals surface area contributed by atoms with E-state index in [1.54, 1.807) is 10.3 Å². The maximum Gasteiger partial charge on any atom is 0.273 e. The van der Waals surface area contributed by atoms with Gasteiger partial charge in [0, 0.05) is 36.5 Å². The third-order valence-electron chi connectivity index (χ3n) is 4.39. The van der Waals surface area contributed by atoms with Gasteiger partial charge in [0.25, 0.3) is 5.91 Å². The van der Waals surface area contributed by atoms with Crippen LogP contribution in [0.3, 0.4) is 0 Å². The van der Waals surface area contributed by atoms with Crippen LogP contribution in [0.1, 0.15) is 28.3 Å². The molecule has 146 valence electrons. The molecule has 0 bridgehead atoms. The number of benzene rings is 1. The molecule has 1 saturated heterocycles. The molecule has 0 atom stereocenters. The summed E-state index contributed by atoms with van der Waals surface area (Å²) in [5.74, 6) is -0.691. The van der Waals surface area contributed by atoms with Crippen molar-refractivity contribution < 1.29 is 14.0 Å². The molecule has 3 N–H and O–H groups in total. The lowest BCUT2D eigenvalue weighted by Gasteiger charge is -2.30. The molecule has 9 heteroatoms. The van der Waals surface area contributed by atoms with E-state index in [0.717, 1.165) is 5.01 Å². The Morgan fingerprint density at radius 1 is 1.26 bits per heavy atom. The van der Waals surface area contributed by atoms with Gasteiger partial charge in [0.2, 0.25) is 5.91 Å². The SMILES string of the molecule is Cl.NCCc1nc(C(=O)N2CCC(C(=O)Nc3ccc(F)cc3)CC2)cs1. The minimum atomic E-state index is -0.341. The number of hydrogen-bond donors (Lipinski definition) is 2. The van der Waals surface area contributed by atoms with E-state index in [4.69, 9.17) is 5.73 Å². The van der Waals surface area contributed by atoms with Gasteiger partial charge in [0.1, 0.15) is 11.5 Å². The van der Waals surface area contributed by atoms with E-state index in [9.17, 15) is 14.0 Å². The van der Waals surface area contributed by atoms with Crippen molar-refractivity contribution in [3.05, 3.63) is 46.2 Å². The summed E-state index contributed by atoms with van der Waals surface area (Å²) in [6.07, 6.45) is 1.86. The number of nitrogens with one attached hydrogen (secondary N) is 1. The second kappa shape index (κ2) is 9.77. The number of nitrogens with two attached hydrogens (primary N) is 1. The molecule has 27 heavy (non-hydrogen) atoms. The molecule has 0 aliphatic carbocycles. The van der Waals surface area contributed by atoms with E-state index in [0.29, 0.717) is 50.3 Å². The Morgan fingerprint density at radius 2 is 1.93 bits per heavy atom. The summed E-state index contributed by atoms with van der Waals surface area (Å²) in [6.45, 7) is 1.55. The largest absolute Gasteiger partial charge is 0.337 e. The van der Waals surface area contributed by atoms with Gasteiger partial charge in [0.15, 0.2) is 0 Å². The number of halogens is 2. The summed E-state index contributed by atoms with van der Waals surface area (Å²) >= 11 is 1.44. The maximum absolute atomic E-state index is 12.9. The quantitative estimate of drug-likeness (QED) is 0.790. The number of likely N-dealkylation sites (tertiary alicyclic amines) is 1. The zero-order valence-corrected chi connectivity index (χ0v) is 16.3. The summed E-state index contributed by atoms with van der Waals surface area (Å²) in [5.41, 5.74) is 6.54. The van der Waals surface area contributed by atoms with Crippen LogP contribution in [0.15, 0.2) is 29.6 Å². The van der Waals surface area contributed by atoms with Crippen LogP contribution in [0.4, 0.5) is 10.1 Å². The number of anilines is 1. The zero-order valence-electron chi connectivity index (χ0n) is 14.7. The average Bonchev–Trinajstić information content (AvgIpc) is 3.12. The Morgan fingerprint density at radius 3 is 2.56 bits per heavy atom. The first-order chi connectivity index (χ1) is 12.6. The monoisotopic (exact) mass is 412 g/mol. The Hall–Kier alpha value is -2.03. The predicted molar refractivity (Wildman–Crippen MR) is 106 cm³/mol. The van der Waals surface area contributed by atoms with E-state index in [-0.39, 0.29) is 36.0 Å². The summed E-state index contributed by atoms with van der Waals surface area (Å²) in [5, 5.41) is 5.43. The van der Waals surface area contributed by atoms with Gasteiger partial charge in [-0.2, -0.15) is 0 Å². The zero-order chi connectivity index (χ0) is 18.5. The summed E-state index contributed by atoms with van der Waals surface area (Å²) in [6, 6.07) is 5.69. The number of thiazole rings is 1. The van der Waals surface area contributed by atoms with Crippen LogP contribution in [-0.4, -0.2) is 41.3 Å². The average molecular weight is 413 g/mol. The highest BCUT2D eigenvalue weighted by Gasteiger charge is 2.28. The molecule has 2 heterocycles. The van der Waals surface area contributed by atoms with Gasteiger partial charge in [-0.15, -0.1) is 23.7 Å². The number of rotatable bonds is 5. The number of aromatic nitrogens is 1. The van der Waals surface area contributed by atoms with Crippen LogP contribution in [0.5, 0.6) is 0 Å². The molecular formula is C18H22ClFN4O2S. The molecule has 1 aliphatic rings. The summed E-state index contributed by atoms with van der Waals surface area (Å²) in [4.78, 5) is 30.9. The van der Waals surface area contributed by atoms with E-state index in [2.05, 4.69) is 10.3 Å². The fourth-order valence-electron chi connectivity index (χ4n) is 2.93. The highest BCUT2D eigenvalue weighted by molar-refractivity contribution is 7.09. The number of carbonyl (C=O) groups excluding carboxylic acids is 2. The third kappa shape index (κ3) is 5.47. The van der Waals surface area contributed by atoms with Gasteiger partial charge in [0.05, 0.1) is 5.01 Å². The van der Waals surface area contributed by atoms with Crippen molar-refractivity contribution in [3.8, 4) is 0 Å². The van der Waals surface area contributed by atoms with Crippen LogP contribution in [0.25, 0.3) is 0 Å². The molecule has 0 radical (unpaired) electrons. The fraction of sp³-hybridized carbons (Fsp3) is 0.389. The molecule has 2 aromatic rings. The van der Waals surface area contributed by atoms with Crippen molar-refractivity contribution >= 4 is 41.2 Å². The molecule has 1 aliphatic heterocycles. The van der Waals surface area contributed by atoms with Gasteiger partial charge < -0.3 is 16.0 Å². The molecule has 0 unspecified atom stereocenters. The fourth-order valence-corrected chi connectivity index (χ4v) is 3.72. The Labute approximate surface area is 167 Å². The van der Waals surface area contributed by atoms with Gasteiger partial charge in [-0.25, -0.2) is 9.37 Å². The van der Waals surface area contributed by atoms with Crippen LogP contribution in [-0.2, 0) is 11.2 Å². The van der Waals surface area contributed by atoms with Crippen molar-refractivity contribution in [2.45, 2.75) is 19.3 Å². The smallest absolute Gasteiger partial charge is 0.273 e. The predicted octanol–water partition coefficient (Wildman–Crippen LogP) is 2.70. The Bertz CT molecular complexity index is 776. The number of amides is 2. The molecule has 1 aromatic carbocycles. The van der Waals surface area contributed by atoms with Crippen molar-refractivity contribution in [1.82, 2.24) is 9.88 Å². The van der Waals surface area contributed by atoms with Crippen molar-refractivity contribution in [3.63, 3.8) is 0 Å². The molecule has 1 aromatic heterocycles. The Kier molecular flexibility index (Phi) is 7.70. The van der Waals surface area contributed by atoms with E-state index < -0.39 is 0 Å². The second-order valence-electron chi connectivity index (χ2n) is 6.23. The minimum Gasteiger partial charge on any atom is -0.337 e. The topological polar surface area (TPSA) is 88.3 Å². The normalized spacial score (nSPS) is 14.5. The Balaban J connectivity index is 0.00000261. The summed E-state index contributed by atoms with van der Waals surface area (Å²) < 4.78 is 12.9. The van der Waals surface area contributed by atoms with Gasteiger partial charge >= 0.3 is 0 Å². The molecule has 0 saturated carbocycles.